The number of hydrogen-bond donors (Lipinski definition) is 2. The third-order valence-electron chi connectivity index (χ3n) is 5.81. The maximum absolute atomic E-state index is 12.9. The van der Waals surface area contributed by atoms with Crippen molar-refractivity contribution in [1.29, 1.82) is 0 Å². The van der Waals surface area contributed by atoms with Gasteiger partial charge >= 0.3 is 0 Å². The molecule has 1 aliphatic heterocycles. The highest BCUT2D eigenvalue weighted by Gasteiger charge is 2.19. The van der Waals surface area contributed by atoms with Gasteiger partial charge in [-0.3, -0.25) is 4.79 Å². The predicted octanol–water partition coefficient (Wildman–Crippen LogP) is 6.56. The number of allylic oxidation sites excluding steroid dienone is 1. The highest BCUT2D eigenvalue weighted by molar-refractivity contribution is 7.99. The monoisotopic (exact) mass is 451 g/mol. The van der Waals surface area contributed by atoms with Crippen LogP contribution in [0.2, 0.25) is 0 Å². The van der Waals surface area contributed by atoms with Crippen molar-refractivity contribution in [1.82, 2.24) is 10.2 Å². The minimum atomic E-state index is -0.00910. The van der Waals surface area contributed by atoms with E-state index in [2.05, 4.69) is 66.6 Å². The fourth-order valence-corrected chi connectivity index (χ4v) is 4.90. The zero-order valence-corrected chi connectivity index (χ0v) is 20.8. The van der Waals surface area contributed by atoms with Crippen LogP contribution in [0.1, 0.15) is 67.9 Å². The molecule has 2 aromatic carbocycles. The Bertz CT molecular complexity index is 946. The number of benzene rings is 2. The molecule has 172 valence electrons. The van der Waals surface area contributed by atoms with Crippen LogP contribution in [0.4, 0.5) is 5.69 Å². The van der Waals surface area contributed by atoms with Crippen molar-refractivity contribution in [2.45, 2.75) is 63.2 Å². The summed E-state index contributed by atoms with van der Waals surface area (Å²) in [5, 5.41) is 6.69. The molecule has 3 rings (SSSR count). The molecular formula is C27H37N3OS. The Kier molecular flexibility index (Phi) is 9.24. The SMILES string of the molecule is CC=C1Nc2cc(C(=O)NCCN(CCCC)CCCC)ccc2Sc2ccc(C)cc21. The number of nitrogens with zero attached hydrogens (tertiary/aromatic N) is 1. The number of carbonyl (C=O) groups excluding carboxylic acids is 1. The van der Waals surface area contributed by atoms with Crippen LogP contribution in [-0.2, 0) is 0 Å². The van der Waals surface area contributed by atoms with Crippen LogP contribution in [0.3, 0.4) is 0 Å². The maximum Gasteiger partial charge on any atom is 0.251 e. The lowest BCUT2D eigenvalue weighted by atomic mass is 10.1. The number of nitrogens with one attached hydrogen (secondary N) is 2. The molecular weight excluding hydrogens is 414 g/mol. The van der Waals surface area contributed by atoms with Crippen LogP contribution in [0.25, 0.3) is 5.70 Å². The minimum absolute atomic E-state index is 0.00910. The molecule has 1 heterocycles. The lowest BCUT2D eigenvalue weighted by Gasteiger charge is -2.22. The maximum atomic E-state index is 12.9. The van der Waals surface area contributed by atoms with Gasteiger partial charge in [-0.2, -0.15) is 0 Å². The summed E-state index contributed by atoms with van der Waals surface area (Å²) in [6.07, 6.45) is 6.92. The van der Waals surface area contributed by atoms with Crippen molar-refractivity contribution in [3.05, 3.63) is 59.2 Å². The molecule has 0 saturated heterocycles. The average molecular weight is 452 g/mol. The van der Waals surface area contributed by atoms with E-state index in [0.717, 1.165) is 35.9 Å². The zero-order valence-electron chi connectivity index (χ0n) is 20.0. The van der Waals surface area contributed by atoms with Gasteiger partial charge < -0.3 is 15.5 Å². The molecule has 1 amide bonds. The van der Waals surface area contributed by atoms with E-state index in [1.165, 1.54) is 41.7 Å². The molecule has 0 fully saturated rings. The van der Waals surface area contributed by atoms with E-state index in [0.29, 0.717) is 12.1 Å². The summed E-state index contributed by atoms with van der Waals surface area (Å²) in [7, 11) is 0. The molecule has 0 bridgehead atoms. The normalized spacial score (nSPS) is 14.0. The van der Waals surface area contributed by atoms with Crippen LogP contribution in [-0.4, -0.2) is 37.0 Å². The van der Waals surface area contributed by atoms with Gasteiger partial charge in [-0.1, -0.05) is 56.2 Å². The topological polar surface area (TPSA) is 44.4 Å². The zero-order chi connectivity index (χ0) is 22.9. The first-order chi connectivity index (χ1) is 15.5. The van der Waals surface area contributed by atoms with Crippen molar-refractivity contribution < 1.29 is 4.79 Å². The van der Waals surface area contributed by atoms with E-state index in [1.807, 2.05) is 19.1 Å². The van der Waals surface area contributed by atoms with Crippen LogP contribution in [0, 0.1) is 6.92 Å². The van der Waals surface area contributed by atoms with Gasteiger partial charge in [0.25, 0.3) is 5.91 Å². The van der Waals surface area contributed by atoms with E-state index < -0.39 is 0 Å². The Balaban J connectivity index is 1.67. The van der Waals surface area contributed by atoms with Crippen LogP contribution in [0.5, 0.6) is 0 Å². The molecule has 4 nitrogen and oxygen atoms in total. The van der Waals surface area contributed by atoms with Gasteiger partial charge in [-0.25, -0.2) is 0 Å². The van der Waals surface area contributed by atoms with Gasteiger partial charge in [-0.15, -0.1) is 0 Å². The highest BCUT2D eigenvalue weighted by Crippen LogP contribution is 2.42. The number of fused-ring (bicyclic) bond motifs is 2. The predicted molar refractivity (Wildman–Crippen MR) is 138 cm³/mol. The number of unbranched alkanes of at least 4 members (excludes halogenated alkanes) is 2. The van der Waals surface area contributed by atoms with E-state index in [9.17, 15) is 4.79 Å². The molecule has 2 N–H and O–H groups in total. The largest absolute Gasteiger partial charge is 0.354 e. The first-order valence-corrected chi connectivity index (χ1v) is 12.7. The van der Waals surface area contributed by atoms with Gasteiger partial charge in [-0.05, 0) is 70.1 Å². The molecule has 0 saturated carbocycles. The second-order valence-electron chi connectivity index (χ2n) is 8.44. The molecule has 0 radical (unpaired) electrons. The van der Waals surface area contributed by atoms with Crippen molar-refractivity contribution in [2.75, 3.05) is 31.5 Å². The smallest absolute Gasteiger partial charge is 0.251 e. The van der Waals surface area contributed by atoms with Gasteiger partial charge in [0.15, 0.2) is 0 Å². The van der Waals surface area contributed by atoms with E-state index in [-0.39, 0.29) is 5.91 Å². The molecule has 0 atom stereocenters. The van der Waals surface area contributed by atoms with E-state index >= 15 is 0 Å². The molecule has 0 unspecified atom stereocenters. The van der Waals surface area contributed by atoms with Crippen molar-refractivity contribution in [3.8, 4) is 0 Å². The first-order valence-electron chi connectivity index (χ1n) is 11.9. The number of aryl methyl sites for hydroxylation is 1. The quantitative estimate of drug-likeness (QED) is 0.429. The molecule has 0 aliphatic carbocycles. The summed E-state index contributed by atoms with van der Waals surface area (Å²) >= 11 is 1.75. The number of rotatable bonds is 10. The summed E-state index contributed by atoms with van der Waals surface area (Å²) in [6.45, 7) is 12.4. The Morgan fingerprint density at radius 1 is 1.03 bits per heavy atom. The second kappa shape index (κ2) is 12.1. The summed E-state index contributed by atoms with van der Waals surface area (Å²) in [5.74, 6) is -0.00910. The average Bonchev–Trinajstić information content (AvgIpc) is 2.95. The molecule has 0 aromatic heterocycles. The van der Waals surface area contributed by atoms with Crippen molar-refractivity contribution in [2.24, 2.45) is 0 Å². The number of hydrogen-bond acceptors (Lipinski definition) is 4. The number of carbonyl (C=O) groups is 1. The third kappa shape index (κ3) is 6.39. The van der Waals surface area contributed by atoms with E-state index in [4.69, 9.17) is 0 Å². The number of amides is 1. The van der Waals surface area contributed by atoms with Gasteiger partial charge in [0, 0.05) is 39.7 Å². The second-order valence-corrected chi connectivity index (χ2v) is 9.53. The minimum Gasteiger partial charge on any atom is -0.354 e. The Labute approximate surface area is 197 Å². The van der Waals surface area contributed by atoms with Gasteiger partial charge in [0.1, 0.15) is 0 Å². The third-order valence-corrected chi connectivity index (χ3v) is 6.97. The fraction of sp³-hybridized carbons (Fsp3) is 0.444. The standard InChI is InChI=1S/C27H37N3OS/c1-5-8-15-30(16-9-6-2)17-14-28-27(31)21-11-13-26-24(19-21)29-23(7-3)22-18-20(4)10-12-25(22)32-26/h7,10-13,18-19,29H,5-6,8-9,14-17H2,1-4H3,(H,28,31). The fourth-order valence-electron chi connectivity index (χ4n) is 3.89. The van der Waals surface area contributed by atoms with Crippen LogP contribution >= 0.6 is 11.8 Å². The molecule has 1 aliphatic rings. The van der Waals surface area contributed by atoms with Crippen molar-refractivity contribution >= 4 is 29.1 Å². The van der Waals surface area contributed by atoms with Crippen LogP contribution < -0.4 is 10.6 Å². The molecule has 5 heteroatoms. The Hall–Kier alpha value is -2.24. The summed E-state index contributed by atoms with van der Waals surface area (Å²) in [4.78, 5) is 17.7. The van der Waals surface area contributed by atoms with Crippen LogP contribution in [0.15, 0.2) is 52.3 Å². The van der Waals surface area contributed by atoms with E-state index in [1.54, 1.807) is 11.8 Å². The lowest BCUT2D eigenvalue weighted by molar-refractivity contribution is 0.0948. The van der Waals surface area contributed by atoms with Gasteiger partial charge in [0.2, 0.25) is 0 Å². The number of anilines is 1. The molecule has 2 aromatic rings. The Morgan fingerprint density at radius 2 is 1.75 bits per heavy atom. The Morgan fingerprint density at radius 3 is 2.44 bits per heavy atom. The summed E-state index contributed by atoms with van der Waals surface area (Å²) < 4.78 is 0. The first kappa shape index (κ1) is 24.4. The highest BCUT2D eigenvalue weighted by atomic mass is 32.2. The molecule has 0 spiro atoms. The summed E-state index contributed by atoms with van der Waals surface area (Å²) in [6, 6.07) is 12.5. The molecule has 32 heavy (non-hydrogen) atoms. The van der Waals surface area contributed by atoms with Crippen molar-refractivity contribution in [3.63, 3.8) is 0 Å². The van der Waals surface area contributed by atoms with Gasteiger partial charge in [0.05, 0.1) is 5.69 Å². The lowest BCUT2D eigenvalue weighted by Crippen LogP contribution is -2.36. The summed E-state index contributed by atoms with van der Waals surface area (Å²) in [5.41, 5.74) is 5.21.